The summed E-state index contributed by atoms with van der Waals surface area (Å²) in [5.74, 6) is -0.206. The van der Waals surface area contributed by atoms with E-state index in [0.29, 0.717) is 13.1 Å². The second-order valence-electron chi connectivity index (χ2n) is 5.68. The zero-order chi connectivity index (χ0) is 16.4. The molecule has 5 heteroatoms. The summed E-state index contributed by atoms with van der Waals surface area (Å²) in [6.45, 7) is 2.78. The third-order valence-corrected chi connectivity index (χ3v) is 4.30. The molecule has 120 valence electrons. The van der Waals surface area contributed by atoms with E-state index in [4.69, 9.17) is 4.74 Å². The number of amides is 2. The van der Waals surface area contributed by atoms with Gasteiger partial charge < -0.3 is 14.5 Å². The van der Waals surface area contributed by atoms with Crippen LogP contribution in [0.2, 0.25) is 0 Å². The van der Waals surface area contributed by atoms with Crippen molar-refractivity contribution < 1.29 is 14.3 Å². The molecule has 23 heavy (non-hydrogen) atoms. The summed E-state index contributed by atoms with van der Waals surface area (Å²) in [5, 5.41) is 2.15. The lowest BCUT2D eigenvalue weighted by Crippen LogP contribution is -2.58. The average molecular weight is 312 g/mol. The molecule has 0 aliphatic carbocycles. The van der Waals surface area contributed by atoms with Gasteiger partial charge in [0.1, 0.15) is 12.6 Å². The fraction of sp³-hybridized carbons (Fsp3) is 0.333. The highest BCUT2D eigenvalue weighted by molar-refractivity contribution is 6.06. The van der Waals surface area contributed by atoms with Crippen molar-refractivity contribution >= 4 is 28.3 Å². The van der Waals surface area contributed by atoms with E-state index in [0.717, 1.165) is 16.5 Å². The molecule has 0 radical (unpaired) electrons. The fourth-order valence-corrected chi connectivity index (χ4v) is 3.10. The third-order valence-electron chi connectivity index (χ3n) is 4.30. The quantitative estimate of drug-likeness (QED) is 0.871. The predicted octanol–water partition coefficient (Wildman–Crippen LogP) is 2.05. The van der Waals surface area contributed by atoms with Gasteiger partial charge in [0.05, 0.1) is 5.69 Å². The van der Waals surface area contributed by atoms with Crippen LogP contribution in [-0.2, 0) is 14.3 Å². The minimum absolute atomic E-state index is 0.00584. The van der Waals surface area contributed by atoms with Crippen molar-refractivity contribution in [2.75, 3.05) is 31.7 Å². The molecule has 1 fully saturated rings. The van der Waals surface area contributed by atoms with Crippen LogP contribution in [0.4, 0.5) is 5.69 Å². The van der Waals surface area contributed by atoms with E-state index in [1.807, 2.05) is 42.5 Å². The third kappa shape index (κ3) is 2.80. The summed E-state index contributed by atoms with van der Waals surface area (Å²) in [5.41, 5.74) is 0.902. The molecule has 0 N–H and O–H groups in total. The Bertz CT molecular complexity index is 739. The fourth-order valence-electron chi connectivity index (χ4n) is 3.10. The van der Waals surface area contributed by atoms with Crippen molar-refractivity contribution in [1.82, 2.24) is 4.90 Å². The van der Waals surface area contributed by atoms with Gasteiger partial charge in [-0.25, -0.2) is 0 Å². The van der Waals surface area contributed by atoms with E-state index in [1.165, 1.54) is 7.11 Å². The highest BCUT2D eigenvalue weighted by Crippen LogP contribution is 2.29. The van der Waals surface area contributed by atoms with Crippen molar-refractivity contribution in [3.8, 4) is 0 Å². The van der Waals surface area contributed by atoms with Gasteiger partial charge in [0.2, 0.25) is 11.8 Å². The first-order valence-electron chi connectivity index (χ1n) is 7.71. The minimum Gasteiger partial charge on any atom is -0.375 e. The summed E-state index contributed by atoms with van der Waals surface area (Å²) in [4.78, 5) is 28.2. The molecule has 1 saturated heterocycles. The average Bonchev–Trinajstić information content (AvgIpc) is 2.57. The van der Waals surface area contributed by atoms with Crippen molar-refractivity contribution in [2.24, 2.45) is 0 Å². The Balaban J connectivity index is 1.90. The number of anilines is 1. The number of ether oxygens (including phenoxy) is 1. The molecular weight excluding hydrogens is 292 g/mol. The van der Waals surface area contributed by atoms with Crippen LogP contribution >= 0.6 is 0 Å². The number of carbonyl (C=O) groups excluding carboxylic acids is 2. The number of methoxy groups -OCH3 is 1. The van der Waals surface area contributed by atoms with E-state index in [2.05, 4.69) is 0 Å². The van der Waals surface area contributed by atoms with Crippen molar-refractivity contribution in [1.29, 1.82) is 0 Å². The molecule has 3 rings (SSSR count). The van der Waals surface area contributed by atoms with Crippen LogP contribution in [0.5, 0.6) is 0 Å². The highest BCUT2D eigenvalue weighted by atomic mass is 16.5. The standard InChI is InChI=1S/C18H20N2O3/c1-13-18(22)20(11-10-19(13)17(21)12-23-2)16-9-5-7-14-6-3-4-8-15(14)16/h3-9,13H,10-12H2,1-2H3/t13-/m0/s1. The van der Waals surface area contributed by atoms with Gasteiger partial charge in [-0.15, -0.1) is 0 Å². The first kappa shape index (κ1) is 15.5. The summed E-state index contributed by atoms with van der Waals surface area (Å²) in [7, 11) is 1.48. The van der Waals surface area contributed by atoms with Gasteiger partial charge in [0.25, 0.3) is 0 Å². The molecule has 2 aromatic rings. The van der Waals surface area contributed by atoms with Gasteiger partial charge in [-0.1, -0.05) is 36.4 Å². The molecule has 1 aliphatic rings. The van der Waals surface area contributed by atoms with E-state index >= 15 is 0 Å². The van der Waals surface area contributed by atoms with Crippen LogP contribution in [0, 0.1) is 0 Å². The SMILES string of the molecule is COCC(=O)N1CCN(c2cccc3ccccc23)C(=O)[C@@H]1C. The Hall–Kier alpha value is -2.40. The van der Waals surface area contributed by atoms with E-state index in [1.54, 1.807) is 16.7 Å². The summed E-state index contributed by atoms with van der Waals surface area (Å²) >= 11 is 0. The second kappa shape index (κ2) is 6.38. The minimum atomic E-state index is -0.481. The molecule has 2 amide bonds. The molecule has 0 unspecified atom stereocenters. The number of hydrogen-bond acceptors (Lipinski definition) is 3. The van der Waals surface area contributed by atoms with E-state index in [9.17, 15) is 9.59 Å². The molecule has 0 spiro atoms. The van der Waals surface area contributed by atoms with Gasteiger partial charge in [-0.2, -0.15) is 0 Å². The topological polar surface area (TPSA) is 49.9 Å². The molecule has 0 saturated carbocycles. The largest absolute Gasteiger partial charge is 0.375 e. The van der Waals surface area contributed by atoms with Crippen LogP contribution < -0.4 is 4.90 Å². The second-order valence-corrected chi connectivity index (χ2v) is 5.68. The Labute approximate surface area is 135 Å². The van der Waals surface area contributed by atoms with Gasteiger partial charge >= 0.3 is 0 Å². The van der Waals surface area contributed by atoms with Gasteiger partial charge in [-0.3, -0.25) is 9.59 Å². The first-order valence-corrected chi connectivity index (χ1v) is 7.71. The molecule has 0 aromatic heterocycles. The molecule has 1 atom stereocenters. The van der Waals surface area contributed by atoms with Crippen LogP contribution in [-0.4, -0.2) is 49.6 Å². The van der Waals surface area contributed by atoms with Crippen LogP contribution in [0.15, 0.2) is 42.5 Å². The monoisotopic (exact) mass is 312 g/mol. The Morgan fingerprint density at radius 1 is 1.17 bits per heavy atom. The molecule has 1 heterocycles. The number of piperazine rings is 1. The van der Waals surface area contributed by atoms with Crippen molar-refractivity contribution in [3.05, 3.63) is 42.5 Å². The lowest BCUT2D eigenvalue weighted by molar-refractivity contribution is -0.143. The lowest BCUT2D eigenvalue weighted by Gasteiger charge is -2.39. The Morgan fingerprint density at radius 3 is 2.70 bits per heavy atom. The number of benzene rings is 2. The summed E-state index contributed by atoms with van der Waals surface area (Å²) in [6, 6.07) is 13.5. The van der Waals surface area contributed by atoms with Gasteiger partial charge in [-0.05, 0) is 18.4 Å². The Kier molecular flexibility index (Phi) is 4.30. The summed E-state index contributed by atoms with van der Waals surface area (Å²) < 4.78 is 4.89. The lowest BCUT2D eigenvalue weighted by atomic mass is 10.1. The maximum absolute atomic E-state index is 12.8. The number of rotatable bonds is 3. The van der Waals surface area contributed by atoms with Gasteiger partial charge in [0.15, 0.2) is 0 Å². The van der Waals surface area contributed by atoms with Crippen LogP contribution in [0.3, 0.4) is 0 Å². The first-order chi connectivity index (χ1) is 11.1. The zero-order valence-electron chi connectivity index (χ0n) is 13.4. The maximum Gasteiger partial charge on any atom is 0.249 e. The molecule has 2 aromatic carbocycles. The smallest absolute Gasteiger partial charge is 0.249 e. The predicted molar refractivity (Wildman–Crippen MR) is 89.4 cm³/mol. The van der Waals surface area contributed by atoms with Crippen molar-refractivity contribution in [2.45, 2.75) is 13.0 Å². The van der Waals surface area contributed by atoms with Crippen molar-refractivity contribution in [3.63, 3.8) is 0 Å². The molecule has 0 bridgehead atoms. The molecule has 1 aliphatic heterocycles. The summed E-state index contributed by atoms with van der Waals surface area (Å²) in [6.07, 6.45) is 0. The van der Waals surface area contributed by atoms with E-state index in [-0.39, 0.29) is 18.4 Å². The maximum atomic E-state index is 12.8. The normalized spacial score (nSPS) is 18.5. The Morgan fingerprint density at radius 2 is 1.91 bits per heavy atom. The van der Waals surface area contributed by atoms with Crippen LogP contribution in [0.1, 0.15) is 6.92 Å². The number of hydrogen-bond donors (Lipinski definition) is 0. The zero-order valence-corrected chi connectivity index (χ0v) is 13.4. The number of fused-ring (bicyclic) bond motifs is 1. The van der Waals surface area contributed by atoms with Gasteiger partial charge in [0, 0.05) is 25.6 Å². The molecule has 5 nitrogen and oxygen atoms in total. The number of nitrogens with zero attached hydrogens (tertiary/aromatic N) is 2. The van der Waals surface area contributed by atoms with E-state index < -0.39 is 6.04 Å². The van der Waals surface area contributed by atoms with Crippen LogP contribution in [0.25, 0.3) is 10.8 Å². The molecular formula is C18H20N2O3. The number of carbonyl (C=O) groups is 2. The highest BCUT2D eigenvalue weighted by Gasteiger charge is 2.35.